The number of aromatic nitrogens is 4. The van der Waals surface area contributed by atoms with Crippen LogP contribution in [0.2, 0.25) is 0 Å². The van der Waals surface area contributed by atoms with E-state index in [-0.39, 0.29) is 0 Å². The fourth-order valence-electron chi connectivity index (χ4n) is 2.43. The second kappa shape index (κ2) is 5.75. The van der Waals surface area contributed by atoms with Crippen LogP contribution in [0, 0.1) is 0 Å². The molecule has 23 heavy (non-hydrogen) atoms. The lowest BCUT2D eigenvalue weighted by Gasteiger charge is -2.25. The van der Waals surface area contributed by atoms with E-state index >= 15 is 0 Å². The van der Waals surface area contributed by atoms with E-state index in [1.165, 1.54) is 4.68 Å². The average Bonchev–Trinajstić information content (AvgIpc) is 3.25. The first kappa shape index (κ1) is 15.1. The summed E-state index contributed by atoms with van der Waals surface area (Å²) in [7, 11) is 1.83. The molecule has 0 saturated heterocycles. The Morgan fingerprint density at radius 1 is 1.43 bits per heavy atom. The molecule has 3 heterocycles. The number of hydrogen-bond donors (Lipinski definition) is 1. The van der Waals surface area contributed by atoms with Gasteiger partial charge in [-0.2, -0.15) is 10.2 Å². The van der Waals surface area contributed by atoms with E-state index in [2.05, 4.69) is 10.2 Å². The summed E-state index contributed by atoms with van der Waals surface area (Å²) < 4.78 is 8.47. The molecule has 0 aliphatic heterocycles. The minimum atomic E-state index is -1.15. The van der Waals surface area contributed by atoms with Crippen molar-refractivity contribution in [3.05, 3.63) is 48.8 Å². The monoisotopic (exact) mass is 314 g/mol. The number of carboxylic acid groups (broad SMARTS) is 1. The average molecular weight is 314 g/mol. The summed E-state index contributed by atoms with van der Waals surface area (Å²) in [6.07, 6.45) is 7.67. The molecule has 0 aromatic carbocycles. The maximum Gasteiger partial charge on any atom is 0.331 e. The van der Waals surface area contributed by atoms with E-state index in [4.69, 9.17) is 4.42 Å². The van der Waals surface area contributed by atoms with Crippen molar-refractivity contribution in [3.63, 3.8) is 0 Å². The van der Waals surface area contributed by atoms with Gasteiger partial charge in [0.2, 0.25) is 0 Å². The highest BCUT2D eigenvalue weighted by molar-refractivity contribution is 5.76. The molecule has 3 aromatic rings. The lowest BCUT2D eigenvalue weighted by atomic mass is 9.95. The first-order valence-electron chi connectivity index (χ1n) is 7.30. The van der Waals surface area contributed by atoms with Gasteiger partial charge in [0.1, 0.15) is 5.76 Å². The Labute approximate surface area is 133 Å². The van der Waals surface area contributed by atoms with Gasteiger partial charge < -0.3 is 9.52 Å². The summed E-state index contributed by atoms with van der Waals surface area (Å²) in [5.74, 6) is -0.172. The van der Waals surface area contributed by atoms with Gasteiger partial charge in [0, 0.05) is 31.4 Å². The molecular formula is C16H18N4O3. The van der Waals surface area contributed by atoms with E-state index in [0.717, 1.165) is 17.0 Å². The standard InChI is InChI=1S/C16H18N4O3/c1-16(15(21)22,7-5-13-4-3-9-23-13)20-11-12(10-17-20)14-6-8-19(2)18-14/h3-4,6,8-11H,5,7H2,1-2H3,(H,21,22). The Morgan fingerprint density at radius 2 is 2.26 bits per heavy atom. The summed E-state index contributed by atoms with van der Waals surface area (Å²) >= 11 is 0. The number of nitrogens with zero attached hydrogens (tertiary/aromatic N) is 4. The zero-order chi connectivity index (χ0) is 16.4. The van der Waals surface area contributed by atoms with E-state index in [9.17, 15) is 9.90 Å². The van der Waals surface area contributed by atoms with Gasteiger partial charge in [-0.1, -0.05) is 0 Å². The number of aliphatic carboxylic acids is 1. The molecule has 7 heteroatoms. The summed E-state index contributed by atoms with van der Waals surface area (Å²) in [4.78, 5) is 11.8. The molecule has 3 aromatic heterocycles. The van der Waals surface area contributed by atoms with Gasteiger partial charge in [-0.3, -0.25) is 9.36 Å². The van der Waals surface area contributed by atoms with Crippen molar-refractivity contribution in [2.45, 2.75) is 25.3 Å². The van der Waals surface area contributed by atoms with Crippen LogP contribution < -0.4 is 0 Å². The number of aryl methyl sites for hydroxylation is 2. The van der Waals surface area contributed by atoms with Gasteiger partial charge in [-0.25, -0.2) is 4.79 Å². The Balaban J connectivity index is 1.86. The zero-order valence-electron chi connectivity index (χ0n) is 13.0. The fraction of sp³-hybridized carbons (Fsp3) is 0.312. The maximum atomic E-state index is 11.8. The Morgan fingerprint density at radius 3 is 2.87 bits per heavy atom. The van der Waals surface area contributed by atoms with Crippen molar-refractivity contribution in [1.82, 2.24) is 19.6 Å². The predicted octanol–water partition coefficient (Wildman–Crippen LogP) is 2.31. The quantitative estimate of drug-likeness (QED) is 0.754. The van der Waals surface area contributed by atoms with Gasteiger partial charge in [-0.05, 0) is 31.5 Å². The number of carbonyl (C=O) groups is 1. The SMILES string of the molecule is Cn1ccc(-c2cnn(C(C)(CCc3ccco3)C(=O)O)c2)n1. The van der Waals surface area contributed by atoms with Crippen molar-refractivity contribution in [2.75, 3.05) is 0 Å². The van der Waals surface area contributed by atoms with Crippen LogP contribution in [0.25, 0.3) is 11.3 Å². The van der Waals surface area contributed by atoms with Crippen molar-refractivity contribution >= 4 is 5.97 Å². The summed E-state index contributed by atoms with van der Waals surface area (Å²) in [5, 5.41) is 18.2. The zero-order valence-corrected chi connectivity index (χ0v) is 13.0. The van der Waals surface area contributed by atoms with Crippen LogP contribution in [0.4, 0.5) is 0 Å². The third kappa shape index (κ3) is 2.90. The molecule has 0 saturated carbocycles. The predicted molar refractivity (Wildman–Crippen MR) is 82.7 cm³/mol. The topological polar surface area (TPSA) is 86.1 Å². The third-order valence-corrected chi connectivity index (χ3v) is 4.00. The molecule has 120 valence electrons. The Hall–Kier alpha value is -2.83. The lowest BCUT2D eigenvalue weighted by Crippen LogP contribution is -2.39. The van der Waals surface area contributed by atoms with Gasteiger partial charge in [0.25, 0.3) is 0 Å². The van der Waals surface area contributed by atoms with Crippen LogP contribution in [0.5, 0.6) is 0 Å². The lowest BCUT2D eigenvalue weighted by molar-refractivity contribution is -0.147. The largest absolute Gasteiger partial charge is 0.479 e. The summed E-state index contributed by atoms with van der Waals surface area (Å²) in [6.45, 7) is 1.66. The van der Waals surface area contributed by atoms with Crippen LogP contribution >= 0.6 is 0 Å². The Bertz CT molecular complexity index is 803. The number of furan rings is 1. The second-order valence-electron chi connectivity index (χ2n) is 5.71. The van der Waals surface area contributed by atoms with Crippen molar-refractivity contribution in [2.24, 2.45) is 7.05 Å². The smallest absolute Gasteiger partial charge is 0.331 e. The van der Waals surface area contributed by atoms with Gasteiger partial charge in [0.15, 0.2) is 5.54 Å². The van der Waals surface area contributed by atoms with E-state index in [1.54, 1.807) is 36.3 Å². The molecule has 0 amide bonds. The normalized spacial score (nSPS) is 13.8. The first-order chi connectivity index (χ1) is 11.0. The number of rotatable bonds is 6. The van der Waals surface area contributed by atoms with E-state index in [0.29, 0.717) is 12.8 Å². The minimum absolute atomic E-state index is 0.374. The van der Waals surface area contributed by atoms with Crippen LogP contribution in [0.15, 0.2) is 47.5 Å². The molecule has 0 aliphatic rings. The number of carboxylic acids is 1. The summed E-state index contributed by atoms with van der Waals surface area (Å²) in [6, 6.07) is 5.49. The molecule has 1 N–H and O–H groups in total. The van der Waals surface area contributed by atoms with E-state index < -0.39 is 11.5 Å². The molecule has 7 nitrogen and oxygen atoms in total. The minimum Gasteiger partial charge on any atom is -0.479 e. The molecule has 0 bridgehead atoms. The van der Waals surface area contributed by atoms with Crippen molar-refractivity contribution < 1.29 is 14.3 Å². The molecule has 1 atom stereocenters. The highest BCUT2D eigenvalue weighted by Crippen LogP contribution is 2.26. The van der Waals surface area contributed by atoms with Crippen LogP contribution in [0.1, 0.15) is 19.1 Å². The summed E-state index contributed by atoms with van der Waals surface area (Å²) in [5.41, 5.74) is 0.397. The van der Waals surface area contributed by atoms with Crippen molar-refractivity contribution in [3.8, 4) is 11.3 Å². The number of hydrogen-bond acceptors (Lipinski definition) is 4. The molecule has 0 spiro atoms. The molecule has 1 unspecified atom stereocenters. The molecule has 0 fully saturated rings. The van der Waals surface area contributed by atoms with Gasteiger partial charge >= 0.3 is 5.97 Å². The van der Waals surface area contributed by atoms with E-state index in [1.807, 2.05) is 25.4 Å². The van der Waals surface area contributed by atoms with Gasteiger partial charge in [-0.15, -0.1) is 0 Å². The van der Waals surface area contributed by atoms with Gasteiger partial charge in [0.05, 0.1) is 18.2 Å². The molecule has 0 aliphatic carbocycles. The molecular weight excluding hydrogens is 296 g/mol. The molecule has 0 radical (unpaired) electrons. The van der Waals surface area contributed by atoms with Crippen LogP contribution in [-0.2, 0) is 23.8 Å². The first-order valence-corrected chi connectivity index (χ1v) is 7.30. The second-order valence-corrected chi connectivity index (χ2v) is 5.71. The highest BCUT2D eigenvalue weighted by atomic mass is 16.4. The van der Waals surface area contributed by atoms with Crippen LogP contribution in [-0.4, -0.2) is 30.6 Å². The molecule has 3 rings (SSSR count). The highest BCUT2D eigenvalue weighted by Gasteiger charge is 2.36. The third-order valence-electron chi connectivity index (χ3n) is 4.00. The Kier molecular flexibility index (Phi) is 3.77. The fourth-order valence-corrected chi connectivity index (χ4v) is 2.43. The van der Waals surface area contributed by atoms with Crippen LogP contribution in [0.3, 0.4) is 0 Å². The maximum absolute atomic E-state index is 11.8. The van der Waals surface area contributed by atoms with Crippen molar-refractivity contribution in [1.29, 1.82) is 0 Å².